The monoisotopic (exact) mass is 592 g/mol. The van der Waals surface area contributed by atoms with Crippen molar-refractivity contribution in [2.45, 2.75) is 72.5 Å². The lowest BCUT2D eigenvalue weighted by molar-refractivity contribution is -0.104. The highest BCUT2D eigenvalue weighted by Gasteiger charge is 2.29. The quantitative estimate of drug-likeness (QED) is 0.202. The van der Waals surface area contributed by atoms with Crippen molar-refractivity contribution in [3.63, 3.8) is 0 Å². The summed E-state index contributed by atoms with van der Waals surface area (Å²) in [6.45, 7) is 12.4. The molecule has 6 nitrogen and oxygen atoms in total. The Hall–Kier alpha value is -2.75. The SMILES string of the molecule is CCCc1cc2c(nc(C3=C/C=C(\C)c4nc5sc(CCC)cc5n4C(=O)C(C)SC(C=O)=C3C(C)C)n2C)s1. The van der Waals surface area contributed by atoms with Crippen molar-refractivity contribution in [3.05, 3.63) is 56.2 Å². The number of hydrogen-bond acceptors (Lipinski definition) is 7. The van der Waals surface area contributed by atoms with Gasteiger partial charge in [0.15, 0.2) is 6.29 Å². The van der Waals surface area contributed by atoms with Crippen molar-refractivity contribution in [1.82, 2.24) is 19.1 Å². The minimum Gasteiger partial charge on any atom is -0.326 e. The van der Waals surface area contributed by atoms with E-state index in [9.17, 15) is 9.59 Å². The van der Waals surface area contributed by atoms with E-state index in [0.717, 1.165) is 75.2 Å². The predicted octanol–water partition coefficient (Wildman–Crippen LogP) is 8.32. The van der Waals surface area contributed by atoms with Gasteiger partial charge in [-0.05, 0) is 55.9 Å². The Morgan fingerprint density at radius 3 is 2.15 bits per heavy atom. The fourth-order valence-electron chi connectivity index (χ4n) is 5.29. The van der Waals surface area contributed by atoms with E-state index in [1.165, 1.54) is 21.5 Å². The Balaban J connectivity index is 1.75. The van der Waals surface area contributed by atoms with Gasteiger partial charge in [-0.15, -0.1) is 34.4 Å². The van der Waals surface area contributed by atoms with Gasteiger partial charge in [0, 0.05) is 22.4 Å². The van der Waals surface area contributed by atoms with Crippen LogP contribution in [-0.2, 0) is 24.7 Å². The third-order valence-electron chi connectivity index (χ3n) is 7.23. The summed E-state index contributed by atoms with van der Waals surface area (Å²) in [6.07, 6.45) is 9.13. The van der Waals surface area contributed by atoms with E-state index < -0.39 is 5.25 Å². The number of fused-ring (bicyclic) bond motifs is 4. The molecule has 0 saturated carbocycles. The van der Waals surface area contributed by atoms with Crippen molar-refractivity contribution in [2.24, 2.45) is 13.0 Å². The van der Waals surface area contributed by atoms with Gasteiger partial charge in [0.25, 0.3) is 0 Å². The standard InChI is InChI=1S/C31H36N4O2S3/c1-8-10-20-14-23-29(39-20)33-28(34(23)7)22-13-12-18(5)27-32-30-24(15-21(40-30)11-9-2)35(27)31(37)19(6)38-25(16-36)26(22)17(3)4/h12-17,19H,8-11H2,1-7H3/b18-12+,22-13?,26-25?. The van der Waals surface area contributed by atoms with Crippen LogP contribution < -0.4 is 0 Å². The third-order valence-corrected chi connectivity index (χ3v) is 10.5. The molecule has 1 unspecified atom stereocenters. The summed E-state index contributed by atoms with van der Waals surface area (Å²) in [4.78, 5) is 41.7. The fraction of sp³-hybridized carbons (Fsp3) is 0.419. The van der Waals surface area contributed by atoms with Crippen LogP contribution in [0.3, 0.4) is 0 Å². The normalized spacial score (nSPS) is 18.3. The molecular weight excluding hydrogens is 557 g/mol. The average Bonchev–Trinajstić information content (AvgIpc) is 3.65. The van der Waals surface area contributed by atoms with E-state index in [0.29, 0.717) is 10.7 Å². The third kappa shape index (κ3) is 5.08. The lowest BCUT2D eigenvalue weighted by Crippen LogP contribution is -2.23. The maximum Gasteiger partial charge on any atom is 0.246 e. The molecule has 0 radical (unpaired) electrons. The van der Waals surface area contributed by atoms with Gasteiger partial charge in [-0.1, -0.05) is 52.7 Å². The van der Waals surface area contributed by atoms with Crippen molar-refractivity contribution < 1.29 is 9.59 Å². The van der Waals surface area contributed by atoms with Crippen LogP contribution >= 0.6 is 34.4 Å². The van der Waals surface area contributed by atoms with Crippen LogP contribution in [0.5, 0.6) is 0 Å². The average molecular weight is 593 g/mol. The molecule has 210 valence electrons. The predicted molar refractivity (Wildman–Crippen MR) is 171 cm³/mol. The number of thiophene rings is 2. The van der Waals surface area contributed by atoms with E-state index in [2.05, 4.69) is 50.5 Å². The molecule has 1 atom stereocenters. The summed E-state index contributed by atoms with van der Waals surface area (Å²) in [5.74, 6) is 1.45. The Morgan fingerprint density at radius 1 is 0.975 bits per heavy atom. The summed E-state index contributed by atoms with van der Waals surface area (Å²) in [5.41, 5.74) is 4.65. The van der Waals surface area contributed by atoms with Crippen LogP contribution in [-0.4, -0.2) is 36.5 Å². The van der Waals surface area contributed by atoms with Crippen LogP contribution in [0.25, 0.3) is 31.8 Å². The lowest BCUT2D eigenvalue weighted by atomic mass is 9.93. The molecule has 0 amide bonds. The smallest absolute Gasteiger partial charge is 0.246 e. The largest absolute Gasteiger partial charge is 0.326 e. The highest BCUT2D eigenvalue weighted by Crippen LogP contribution is 2.40. The Kier molecular flexibility index (Phi) is 8.36. The zero-order valence-corrected chi connectivity index (χ0v) is 26.6. The van der Waals surface area contributed by atoms with Gasteiger partial charge in [0.2, 0.25) is 5.91 Å². The van der Waals surface area contributed by atoms with Crippen LogP contribution in [0, 0.1) is 5.92 Å². The Labute approximate surface area is 247 Å². The van der Waals surface area contributed by atoms with Crippen molar-refractivity contribution in [3.8, 4) is 0 Å². The molecule has 5 heterocycles. The molecule has 4 aromatic heterocycles. The van der Waals surface area contributed by atoms with Gasteiger partial charge in [-0.2, -0.15) is 0 Å². The van der Waals surface area contributed by atoms with Gasteiger partial charge in [-0.25, -0.2) is 9.97 Å². The van der Waals surface area contributed by atoms with Gasteiger partial charge >= 0.3 is 0 Å². The molecule has 0 saturated heterocycles. The maximum atomic E-state index is 14.0. The molecule has 0 aliphatic carbocycles. The number of nitrogens with zero attached hydrogens (tertiary/aromatic N) is 4. The van der Waals surface area contributed by atoms with E-state index in [4.69, 9.17) is 9.97 Å². The zero-order valence-electron chi connectivity index (χ0n) is 24.2. The molecule has 40 heavy (non-hydrogen) atoms. The van der Waals surface area contributed by atoms with E-state index >= 15 is 0 Å². The minimum absolute atomic E-state index is 0.0401. The zero-order chi connectivity index (χ0) is 28.7. The van der Waals surface area contributed by atoms with Crippen LogP contribution in [0.4, 0.5) is 0 Å². The van der Waals surface area contributed by atoms with E-state index in [1.54, 1.807) is 27.2 Å². The lowest BCUT2D eigenvalue weighted by Gasteiger charge is -2.20. The first-order chi connectivity index (χ1) is 19.2. The summed E-state index contributed by atoms with van der Waals surface area (Å²) >= 11 is 4.72. The number of carbonyl (C=O) groups excluding carboxylic acids is 2. The molecule has 0 aromatic carbocycles. The molecule has 9 heteroatoms. The maximum absolute atomic E-state index is 14.0. The van der Waals surface area contributed by atoms with Crippen LogP contribution in [0.2, 0.25) is 0 Å². The molecule has 1 aliphatic rings. The number of aromatic nitrogens is 4. The number of imidazole rings is 2. The summed E-state index contributed by atoms with van der Waals surface area (Å²) < 4.78 is 3.90. The summed E-state index contributed by atoms with van der Waals surface area (Å²) in [6, 6.07) is 4.34. The van der Waals surface area contributed by atoms with Crippen molar-refractivity contribution in [1.29, 1.82) is 0 Å². The molecule has 4 aromatic rings. The molecule has 0 fully saturated rings. The molecule has 0 N–H and O–H groups in total. The molecule has 1 aliphatic heterocycles. The number of thioether (sulfide) groups is 1. The topological polar surface area (TPSA) is 69.8 Å². The number of aryl methyl sites for hydroxylation is 3. The van der Waals surface area contributed by atoms with Gasteiger partial charge in [0.1, 0.15) is 21.3 Å². The van der Waals surface area contributed by atoms with E-state index in [1.807, 2.05) is 27.0 Å². The first-order valence-electron chi connectivity index (χ1n) is 13.9. The second kappa shape index (κ2) is 11.6. The highest BCUT2D eigenvalue weighted by atomic mass is 32.2. The van der Waals surface area contributed by atoms with Gasteiger partial charge in [-0.3, -0.25) is 14.2 Å². The Morgan fingerprint density at radius 2 is 1.57 bits per heavy atom. The number of rotatable bonds is 7. The number of carbonyl (C=O) groups is 2. The first kappa shape index (κ1) is 28.8. The Bertz CT molecular complexity index is 1710. The van der Waals surface area contributed by atoms with Crippen molar-refractivity contribution in [2.75, 3.05) is 0 Å². The number of allylic oxidation sites excluding steroid dienone is 6. The fourth-order valence-corrected chi connectivity index (χ4v) is 8.67. The first-order valence-corrected chi connectivity index (χ1v) is 16.5. The summed E-state index contributed by atoms with van der Waals surface area (Å²) in [7, 11) is 2.04. The number of hydrogen-bond donors (Lipinski definition) is 0. The van der Waals surface area contributed by atoms with E-state index in [-0.39, 0.29) is 11.8 Å². The summed E-state index contributed by atoms with van der Waals surface area (Å²) in [5, 5.41) is -0.478. The molecule has 5 rings (SSSR count). The van der Waals surface area contributed by atoms with Crippen LogP contribution in [0.1, 0.15) is 80.6 Å². The second-order valence-corrected chi connectivity index (χ2v) is 14.3. The molecular formula is C31H36N4O2S3. The van der Waals surface area contributed by atoms with Gasteiger partial charge < -0.3 is 4.57 Å². The van der Waals surface area contributed by atoms with Gasteiger partial charge in [0.05, 0.1) is 21.2 Å². The number of aldehydes is 1. The molecule has 0 spiro atoms. The van der Waals surface area contributed by atoms with Crippen molar-refractivity contribution >= 4 is 78.5 Å². The highest BCUT2D eigenvalue weighted by molar-refractivity contribution is 8.05. The second-order valence-electron chi connectivity index (χ2n) is 10.7. The minimum atomic E-state index is -0.478. The van der Waals surface area contributed by atoms with Crippen LogP contribution in [0.15, 0.2) is 34.8 Å². The molecule has 0 bridgehead atoms.